The molecule has 8 nitrogen and oxygen atoms in total. The lowest BCUT2D eigenvalue weighted by Gasteiger charge is -2.41. The van der Waals surface area contributed by atoms with E-state index in [1.807, 2.05) is 42.2 Å². The average Bonchev–Trinajstić information content (AvgIpc) is 3.28. The molecule has 1 atom stereocenters. The summed E-state index contributed by atoms with van der Waals surface area (Å²) < 4.78 is 10.7. The highest BCUT2D eigenvalue weighted by atomic mass is 16.5. The Labute approximate surface area is 181 Å². The van der Waals surface area contributed by atoms with Crippen LogP contribution < -0.4 is 0 Å². The van der Waals surface area contributed by atoms with E-state index in [9.17, 15) is 4.79 Å². The van der Waals surface area contributed by atoms with Crippen LogP contribution in [0.1, 0.15) is 56.1 Å². The number of hydrogen-bond acceptors (Lipinski definition) is 7. The molecule has 0 radical (unpaired) electrons. The fourth-order valence-corrected chi connectivity index (χ4v) is 4.61. The predicted molar refractivity (Wildman–Crippen MR) is 112 cm³/mol. The number of likely N-dealkylation sites (tertiary alicyclic amines) is 1. The summed E-state index contributed by atoms with van der Waals surface area (Å²) in [5, 5.41) is 8.30. The first kappa shape index (κ1) is 19.9. The number of rotatable bonds is 7. The topological polar surface area (TPSA) is 98.2 Å². The van der Waals surface area contributed by atoms with Gasteiger partial charge < -0.3 is 13.9 Å². The minimum Gasteiger partial charge on any atom is -0.342 e. The second-order valence-electron chi connectivity index (χ2n) is 8.86. The Hall–Kier alpha value is -3.03. The maximum atomic E-state index is 13.0. The zero-order valence-electron chi connectivity index (χ0n) is 17.8. The van der Waals surface area contributed by atoms with Gasteiger partial charge in [-0.25, -0.2) is 0 Å². The number of piperidine rings is 1. The molecule has 0 bridgehead atoms. The Bertz CT molecular complexity index is 1040. The molecule has 8 heteroatoms. The summed E-state index contributed by atoms with van der Waals surface area (Å²) >= 11 is 0. The van der Waals surface area contributed by atoms with Crippen LogP contribution in [0.2, 0.25) is 0 Å². The molecule has 3 heterocycles. The van der Waals surface area contributed by atoms with Crippen LogP contribution in [0.15, 0.2) is 39.4 Å². The fraction of sp³-hybridized carbons (Fsp3) is 0.522. The highest BCUT2D eigenvalue weighted by Gasteiger charge is 2.45. The smallest absolute Gasteiger partial charge is 0.227 e. The largest absolute Gasteiger partial charge is 0.342 e. The lowest BCUT2D eigenvalue weighted by molar-refractivity contribution is -0.133. The van der Waals surface area contributed by atoms with Crippen molar-refractivity contribution in [1.82, 2.24) is 25.2 Å². The van der Waals surface area contributed by atoms with Crippen LogP contribution in [0, 0.1) is 12.8 Å². The van der Waals surface area contributed by atoms with E-state index < -0.39 is 0 Å². The number of carbonyl (C=O) groups excluding carboxylic acids is 1. The van der Waals surface area contributed by atoms with E-state index in [2.05, 4.69) is 20.3 Å². The molecule has 1 amide bonds. The first-order valence-electron chi connectivity index (χ1n) is 11.1. The second-order valence-corrected chi connectivity index (χ2v) is 8.86. The fourth-order valence-electron chi connectivity index (χ4n) is 4.61. The molecular formula is C23H27N5O3. The van der Waals surface area contributed by atoms with Gasteiger partial charge in [-0.15, -0.1) is 0 Å². The monoisotopic (exact) mass is 421 g/mol. The minimum atomic E-state index is -0.197. The van der Waals surface area contributed by atoms with E-state index in [0.717, 1.165) is 37.2 Å². The molecule has 1 saturated heterocycles. The SMILES string of the molecule is Cc1nc(C2(CC3CC3)CCCN(C(=O)CCc3nc(-c4ccccc4)no3)C2)no1. The van der Waals surface area contributed by atoms with Gasteiger partial charge in [0, 0.05) is 38.4 Å². The lowest BCUT2D eigenvalue weighted by atomic mass is 9.74. The summed E-state index contributed by atoms with van der Waals surface area (Å²) in [6.45, 7) is 3.24. The summed E-state index contributed by atoms with van der Waals surface area (Å²) in [6.07, 6.45) is 6.27. The van der Waals surface area contributed by atoms with E-state index in [1.54, 1.807) is 0 Å². The van der Waals surface area contributed by atoms with Gasteiger partial charge in [-0.1, -0.05) is 53.5 Å². The van der Waals surface area contributed by atoms with Gasteiger partial charge in [0.25, 0.3) is 0 Å². The third-order valence-corrected chi connectivity index (χ3v) is 6.36. The molecule has 162 valence electrons. The molecule has 3 aromatic rings. The molecule has 0 N–H and O–H groups in total. The standard InChI is InChI=1S/C23H27N5O3/c1-16-24-22(27-30-16)23(14-17-8-9-17)12-5-13-28(15-23)20(29)11-10-19-25-21(26-31-19)18-6-3-2-4-7-18/h2-4,6-7,17H,5,8-15H2,1H3. The molecule has 1 aliphatic carbocycles. The molecule has 2 fully saturated rings. The van der Waals surface area contributed by atoms with Crippen LogP contribution in [0.3, 0.4) is 0 Å². The first-order valence-corrected chi connectivity index (χ1v) is 11.1. The molecule has 2 aromatic heterocycles. The highest BCUT2D eigenvalue weighted by Crippen LogP contribution is 2.45. The van der Waals surface area contributed by atoms with Crippen molar-refractivity contribution < 1.29 is 13.8 Å². The highest BCUT2D eigenvalue weighted by molar-refractivity contribution is 5.76. The van der Waals surface area contributed by atoms with Gasteiger partial charge in [0.05, 0.1) is 5.41 Å². The predicted octanol–water partition coefficient (Wildman–Crippen LogP) is 3.72. The molecule has 2 aliphatic rings. The Morgan fingerprint density at radius 2 is 2.00 bits per heavy atom. The van der Waals surface area contributed by atoms with Crippen LogP contribution in [0.25, 0.3) is 11.4 Å². The van der Waals surface area contributed by atoms with Gasteiger partial charge in [-0.3, -0.25) is 4.79 Å². The van der Waals surface area contributed by atoms with Crippen molar-refractivity contribution in [2.45, 2.75) is 57.3 Å². The number of benzene rings is 1. The van der Waals surface area contributed by atoms with Gasteiger partial charge >= 0.3 is 0 Å². The van der Waals surface area contributed by atoms with E-state index >= 15 is 0 Å². The number of aromatic nitrogens is 4. The quantitative estimate of drug-likeness (QED) is 0.573. The number of carbonyl (C=O) groups is 1. The van der Waals surface area contributed by atoms with Crippen LogP contribution in [-0.4, -0.2) is 44.2 Å². The third-order valence-electron chi connectivity index (χ3n) is 6.36. The average molecular weight is 422 g/mol. The molecule has 1 unspecified atom stereocenters. The van der Waals surface area contributed by atoms with Crippen molar-refractivity contribution in [2.24, 2.45) is 5.92 Å². The molecule has 31 heavy (non-hydrogen) atoms. The van der Waals surface area contributed by atoms with Gasteiger partial charge in [-0.05, 0) is 25.2 Å². The molecule has 1 saturated carbocycles. The lowest BCUT2D eigenvalue weighted by Crippen LogP contribution is -2.49. The number of nitrogens with zero attached hydrogens (tertiary/aromatic N) is 5. The summed E-state index contributed by atoms with van der Waals surface area (Å²) in [4.78, 5) is 24.0. The maximum Gasteiger partial charge on any atom is 0.227 e. The van der Waals surface area contributed by atoms with Gasteiger partial charge in [0.15, 0.2) is 5.82 Å². The third kappa shape index (κ3) is 4.38. The molecule has 5 rings (SSSR count). The van der Waals surface area contributed by atoms with Crippen molar-refractivity contribution >= 4 is 5.91 Å². The van der Waals surface area contributed by atoms with Gasteiger partial charge in [0.1, 0.15) is 0 Å². The van der Waals surface area contributed by atoms with Crippen molar-refractivity contribution in [2.75, 3.05) is 13.1 Å². The van der Waals surface area contributed by atoms with Crippen LogP contribution >= 0.6 is 0 Å². The Balaban J connectivity index is 1.24. The zero-order chi connectivity index (χ0) is 21.3. The number of aryl methyl sites for hydroxylation is 2. The molecule has 1 aromatic carbocycles. The maximum absolute atomic E-state index is 13.0. The summed E-state index contributed by atoms with van der Waals surface area (Å²) in [7, 11) is 0. The zero-order valence-corrected chi connectivity index (χ0v) is 17.8. The van der Waals surface area contributed by atoms with Crippen LogP contribution in [0.4, 0.5) is 0 Å². The van der Waals surface area contributed by atoms with Gasteiger partial charge in [0.2, 0.25) is 23.5 Å². The van der Waals surface area contributed by atoms with E-state index in [1.165, 1.54) is 12.8 Å². The first-order chi connectivity index (χ1) is 15.1. The summed E-state index contributed by atoms with van der Waals surface area (Å²) in [5.74, 6) is 3.21. The Kier molecular flexibility index (Phi) is 5.29. The Morgan fingerprint density at radius 1 is 1.16 bits per heavy atom. The number of hydrogen-bond donors (Lipinski definition) is 0. The van der Waals surface area contributed by atoms with Crippen molar-refractivity contribution in [3.8, 4) is 11.4 Å². The van der Waals surface area contributed by atoms with E-state index in [4.69, 9.17) is 9.05 Å². The van der Waals surface area contributed by atoms with Crippen LogP contribution in [-0.2, 0) is 16.6 Å². The molecular weight excluding hydrogens is 394 g/mol. The van der Waals surface area contributed by atoms with Crippen LogP contribution in [0.5, 0.6) is 0 Å². The van der Waals surface area contributed by atoms with E-state index in [0.29, 0.717) is 42.9 Å². The van der Waals surface area contributed by atoms with Crippen molar-refractivity contribution in [3.63, 3.8) is 0 Å². The second kappa shape index (κ2) is 8.24. The molecule has 0 spiro atoms. The van der Waals surface area contributed by atoms with E-state index in [-0.39, 0.29) is 11.3 Å². The minimum absolute atomic E-state index is 0.111. The van der Waals surface area contributed by atoms with Gasteiger partial charge in [-0.2, -0.15) is 9.97 Å². The number of amides is 1. The summed E-state index contributed by atoms with van der Waals surface area (Å²) in [6, 6.07) is 9.69. The normalized spacial score (nSPS) is 21.4. The van der Waals surface area contributed by atoms with Crippen molar-refractivity contribution in [1.29, 1.82) is 0 Å². The van der Waals surface area contributed by atoms with Crippen molar-refractivity contribution in [3.05, 3.63) is 47.9 Å². The summed E-state index contributed by atoms with van der Waals surface area (Å²) in [5.41, 5.74) is 0.706. The Morgan fingerprint density at radius 3 is 2.74 bits per heavy atom. The molecule has 1 aliphatic heterocycles.